The fraction of sp³-hybridized carbons (Fsp3) is 0.125. The van der Waals surface area contributed by atoms with Crippen LogP contribution in [0.5, 0.6) is 0 Å². The number of hydrogen-bond donors (Lipinski definition) is 0. The minimum Gasteiger partial charge on any atom is -0.464 e. The standard InChI is InChI=1S/C16H15NO4S/c1-12-8-10-14(11-9-12)22(19,20)17-15(16(18)21-2)13-6-4-3-5-7-13/h3-11H,1-2H3/b17-15+. The smallest absolute Gasteiger partial charge is 0.358 e. The van der Waals surface area contributed by atoms with Gasteiger partial charge < -0.3 is 4.74 Å². The second-order valence-corrected chi connectivity index (χ2v) is 6.19. The molecule has 2 aromatic carbocycles. The maximum atomic E-state index is 12.4. The van der Waals surface area contributed by atoms with Gasteiger partial charge in [0.15, 0.2) is 5.71 Å². The van der Waals surface area contributed by atoms with Crippen LogP contribution >= 0.6 is 0 Å². The van der Waals surface area contributed by atoms with Gasteiger partial charge in [0.05, 0.1) is 12.0 Å². The fourth-order valence-corrected chi connectivity index (χ4v) is 2.79. The van der Waals surface area contributed by atoms with Gasteiger partial charge in [-0.25, -0.2) is 4.79 Å². The molecule has 0 atom stereocenters. The SMILES string of the molecule is COC(=O)/C(=N/S(=O)(=O)c1ccc(C)cc1)c1ccccc1. The van der Waals surface area contributed by atoms with Crippen molar-refractivity contribution in [1.82, 2.24) is 0 Å². The summed E-state index contributed by atoms with van der Waals surface area (Å²) in [6.07, 6.45) is 0. The zero-order valence-electron chi connectivity index (χ0n) is 12.2. The van der Waals surface area contributed by atoms with Crippen LogP contribution in [0.1, 0.15) is 11.1 Å². The molecule has 0 aliphatic heterocycles. The number of carbonyl (C=O) groups excluding carboxylic acids is 1. The van der Waals surface area contributed by atoms with Crippen molar-refractivity contribution in [3.8, 4) is 0 Å². The third kappa shape index (κ3) is 3.59. The number of aryl methyl sites for hydroxylation is 1. The molecular formula is C16H15NO4S. The van der Waals surface area contributed by atoms with Crippen molar-refractivity contribution < 1.29 is 17.9 Å². The minimum atomic E-state index is -3.99. The van der Waals surface area contributed by atoms with Crippen LogP contribution in [0.2, 0.25) is 0 Å². The molecule has 22 heavy (non-hydrogen) atoms. The van der Waals surface area contributed by atoms with Gasteiger partial charge in [-0.3, -0.25) is 0 Å². The van der Waals surface area contributed by atoms with E-state index in [0.717, 1.165) is 5.56 Å². The Labute approximate surface area is 129 Å². The van der Waals surface area contributed by atoms with Gasteiger partial charge in [-0.15, -0.1) is 0 Å². The van der Waals surface area contributed by atoms with Crippen LogP contribution in [0.4, 0.5) is 0 Å². The first-order valence-electron chi connectivity index (χ1n) is 6.49. The van der Waals surface area contributed by atoms with Crippen molar-refractivity contribution in [2.24, 2.45) is 4.40 Å². The number of ether oxygens (including phenoxy) is 1. The molecule has 5 nitrogen and oxygen atoms in total. The number of rotatable bonds is 4. The number of benzene rings is 2. The zero-order valence-corrected chi connectivity index (χ0v) is 13.0. The third-order valence-corrected chi connectivity index (χ3v) is 4.25. The summed E-state index contributed by atoms with van der Waals surface area (Å²) in [7, 11) is -2.81. The Hall–Kier alpha value is -2.47. The number of carbonyl (C=O) groups is 1. The molecule has 2 rings (SSSR count). The van der Waals surface area contributed by atoms with Crippen LogP contribution in [-0.4, -0.2) is 27.2 Å². The largest absolute Gasteiger partial charge is 0.464 e. The van der Waals surface area contributed by atoms with E-state index >= 15 is 0 Å². The van der Waals surface area contributed by atoms with E-state index in [2.05, 4.69) is 9.13 Å². The van der Waals surface area contributed by atoms with Crippen LogP contribution in [0.3, 0.4) is 0 Å². The molecule has 0 radical (unpaired) electrons. The third-order valence-electron chi connectivity index (χ3n) is 2.96. The summed E-state index contributed by atoms with van der Waals surface area (Å²) in [4.78, 5) is 11.9. The highest BCUT2D eigenvalue weighted by Gasteiger charge is 2.20. The molecule has 0 saturated heterocycles. The van der Waals surface area contributed by atoms with Crippen molar-refractivity contribution in [2.45, 2.75) is 11.8 Å². The fourth-order valence-electron chi connectivity index (χ4n) is 1.78. The van der Waals surface area contributed by atoms with Crippen molar-refractivity contribution in [1.29, 1.82) is 0 Å². The first kappa shape index (κ1) is 15.9. The van der Waals surface area contributed by atoms with E-state index < -0.39 is 16.0 Å². The number of methoxy groups -OCH3 is 1. The maximum Gasteiger partial charge on any atom is 0.358 e. The molecule has 2 aromatic rings. The van der Waals surface area contributed by atoms with E-state index in [9.17, 15) is 13.2 Å². The number of sulfonamides is 1. The molecule has 0 unspecified atom stereocenters. The number of hydrogen-bond acceptors (Lipinski definition) is 4. The van der Waals surface area contributed by atoms with E-state index in [4.69, 9.17) is 0 Å². The normalized spacial score (nSPS) is 12.0. The summed E-state index contributed by atoms with van der Waals surface area (Å²) < 4.78 is 33.0. The first-order valence-corrected chi connectivity index (χ1v) is 7.93. The summed E-state index contributed by atoms with van der Waals surface area (Å²) in [5.74, 6) is -0.804. The summed E-state index contributed by atoms with van der Waals surface area (Å²) in [6.45, 7) is 1.85. The van der Waals surface area contributed by atoms with Crippen LogP contribution in [-0.2, 0) is 19.6 Å². The van der Waals surface area contributed by atoms with Crippen LogP contribution in [0.25, 0.3) is 0 Å². The Morgan fingerprint density at radius 1 is 1.00 bits per heavy atom. The summed E-state index contributed by atoms with van der Waals surface area (Å²) in [5.41, 5.74) is 1.06. The zero-order chi connectivity index (χ0) is 16.2. The molecule has 114 valence electrons. The van der Waals surface area contributed by atoms with Crippen LogP contribution < -0.4 is 0 Å². The van der Waals surface area contributed by atoms with Gasteiger partial charge in [0, 0.05) is 5.56 Å². The molecule has 0 heterocycles. The number of esters is 1. The Balaban J connectivity index is 2.53. The Morgan fingerprint density at radius 3 is 2.14 bits per heavy atom. The van der Waals surface area contributed by atoms with E-state index in [1.807, 2.05) is 6.92 Å². The topological polar surface area (TPSA) is 72.8 Å². The molecule has 0 amide bonds. The molecule has 0 saturated carbocycles. The van der Waals surface area contributed by atoms with Gasteiger partial charge in [0.2, 0.25) is 0 Å². The maximum absolute atomic E-state index is 12.4. The highest BCUT2D eigenvalue weighted by molar-refractivity contribution is 7.90. The van der Waals surface area contributed by atoms with Crippen molar-refractivity contribution >= 4 is 21.7 Å². The van der Waals surface area contributed by atoms with Gasteiger partial charge in [-0.2, -0.15) is 12.8 Å². The quantitative estimate of drug-likeness (QED) is 0.641. The van der Waals surface area contributed by atoms with Gasteiger partial charge >= 0.3 is 5.97 Å². The van der Waals surface area contributed by atoms with E-state index in [1.165, 1.54) is 19.2 Å². The monoisotopic (exact) mass is 317 g/mol. The predicted octanol–water partition coefficient (Wildman–Crippen LogP) is 2.35. The molecular weight excluding hydrogens is 302 g/mol. The second-order valence-electron chi connectivity index (χ2n) is 4.59. The Kier molecular flexibility index (Phi) is 4.72. The minimum absolute atomic E-state index is 0.0236. The highest BCUT2D eigenvalue weighted by atomic mass is 32.2. The van der Waals surface area contributed by atoms with E-state index in [1.54, 1.807) is 42.5 Å². The van der Waals surface area contributed by atoms with E-state index in [0.29, 0.717) is 5.56 Å². The Bertz CT molecular complexity index is 794. The first-order chi connectivity index (χ1) is 10.4. The lowest BCUT2D eigenvalue weighted by Crippen LogP contribution is -2.19. The summed E-state index contributed by atoms with van der Waals surface area (Å²) in [5, 5.41) is 0. The molecule has 0 aliphatic rings. The van der Waals surface area contributed by atoms with Crippen molar-refractivity contribution in [3.05, 3.63) is 65.7 Å². The van der Waals surface area contributed by atoms with Gasteiger partial charge in [0.25, 0.3) is 10.0 Å². The molecule has 0 fully saturated rings. The average molecular weight is 317 g/mol. The lowest BCUT2D eigenvalue weighted by molar-refractivity contribution is -0.132. The molecule has 0 N–H and O–H groups in total. The predicted molar refractivity (Wildman–Crippen MR) is 83.4 cm³/mol. The molecule has 6 heteroatoms. The number of nitrogens with zero attached hydrogens (tertiary/aromatic N) is 1. The van der Waals surface area contributed by atoms with Crippen molar-refractivity contribution in [3.63, 3.8) is 0 Å². The van der Waals surface area contributed by atoms with E-state index in [-0.39, 0.29) is 10.6 Å². The van der Waals surface area contributed by atoms with Crippen molar-refractivity contribution in [2.75, 3.05) is 7.11 Å². The van der Waals surface area contributed by atoms with Gasteiger partial charge in [-0.1, -0.05) is 48.0 Å². The van der Waals surface area contributed by atoms with Crippen LogP contribution in [0.15, 0.2) is 63.9 Å². The molecule has 0 spiro atoms. The van der Waals surface area contributed by atoms with Crippen LogP contribution in [0, 0.1) is 6.92 Å². The lowest BCUT2D eigenvalue weighted by Gasteiger charge is -2.05. The van der Waals surface area contributed by atoms with Gasteiger partial charge in [-0.05, 0) is 19.1 Å². The molecule has 0 aliphatic carbocycles. The average Bonchev–Trinajstić information content (AvgIpc) is 2.53. The highest BCUT2D eigenvalue weighted by Crippen LogP contribution is 2.15. The van der Waals surface area contributed by atoms with Gasteiger partial charge in [0.1, 0.15) is 0 Å². The summed E-state index contributed by atoms with van der Waals surface area (Å²) in [6, 6.07) is 14.6. The summed E-state index contributed by atoms with van der Waals surface area (Å²) >= 11 is 0. The molecule has 0 bridgehead atoms. The molecule has 0 aromatic heterocycles. The lowest BCUT2D eigenvalue weighted by atomic mass is 10.1. The Morgan fingerprint density at radius 2 is 1.59 bits per heavy atom. The second kappa shape index (κ2) is 6.53.